The van der Waals surface area contributed by atoms with E-state index in [1.54, 1.807) is 30.3 Å². The van der Waals surface area contributed by atoms with Crippen LogP contribution in [0.25, 0.3) is 22.3 Å². The Labute approximate surface area is 202 Å². The Morgan fingerprint density at radius 1 is 0.531 bits per heavy atom. The molecule has 0 N–H and O–H groups in total. The number of carboxylic acid groups (broad SMARTS) is 4. The first-order valence-electron chi connectivity index (χ1n) is 8.43. The molecule has 0 bridgehead atoms. The Morgan fingerprint density at radius 2 is 1.00 bits per heavy atom. The van der Waals surface area contributed by atoms with E-state index in [0.717, 1.165) is 30.3 Å². The fourth-order valence-corrected chi connectivity index (χ4v) is 3.08. The maximum Gasteiger partial charge on any atom is 2.00 e. The number of benzene rings is 3. The first-order chi connectivity index (χ1) is 14.2. The molecule has 32 heavy (non-hydrogen) atoms. The van der Waals surface area contributed by atoms with Crippen LogP contribution < -0.4 is 20.4 Å². The van der Waals surface area contributed by atoms with Crippen LogP contribution >= 0.6 is 0 Å². The average molecular weight is 529 g/mol. The number of aromatic carboxylic acids is 4. The van der Waals surface area contributed by atoms with Crippen LogP contribution in [-0.2, 0) is 34.1 Å². The Kier molecular flexibility index (Phi) is 8.94. The zero-order valence-corrected chi connectivity index (χ0v) is 17.5. The molecule has 0 fully saturated rings. The van der Waals surface area contributed by atoms with Crippen molar-refractivity contribution in [3.8, 4) is 22.3 Å². The van der Waals surface area contributed by atoms with Crippen LogP contribution in [0, 0.1) is 0 Å². The van der Waals surface area contributed by atoms with Gasteiger partial charge in [0.25, 0.3) is 0 Å². The number of hydrogen-bond acceptors (Lipinski definition) is 8. The zero-order valence-electron chi connectivity index (χ0n) is 15.6. The molecule has 10 heteroatoms. The third-order valence-corrected chi connectivity index (χ3v) is 4.37. The van der Waals surface area contributed by atoms with Crippen LogP contribution in [0.4, 0.5) is 0 Å². The number of carbonyl (C=O) groups excluding carboxylic acids is 4. The van der Waals surface area contributed by atoms with Gasteiger partial charge in [0.1, 0.15) is 0 Å². The Hall–Kier alpha value is -3.42. The summed E-state index contributed by atoms with van der Waals surface area (Å²) in [6.07, 6.45) is 0. The quantitative estimate of drug-likeness (QED) is 0.348. The van der Waals surface area contributed by atoms with Crippen LogP contribution in [-0.4, -0.2) is 23.9 Å². The van der Waals surface area contributed by atoms with Gasteiger partial charge in [-0.25, -0.2) is 0 Å². The minimum absolute atomic E-state index is 0. The smallest absolute Gasteiger partial charge is 0.545 e. The second-order valence-electron chi connectivity index (χ2n) is 6.26. The molecule has 8 nitrogen and oxygen atoms in total. The summed E-state index contributed by atoms with van der Waals surface area (Å²) in [5, 5.41) is 45.9. The molecule has 0 heterocycles. The van der Waals surface area contributed by atoms with Crippen molar-refractivity contribution >= 4 is 23.9 Å². The van der Waals surface area contributed by atoms with E-state index < -0.39 is 46.1 Å². The molecule has 0 saturated carbocycles. The van der Waals surface area contributed by atoms with Crippen molar-refractivity contribution in [2.45, 2.75) is 0 Å². The van der Waals surface area contributed by atoms with E-state index in [0.29, 0.717) is 5.56 Å². The molecule has 0 spiro atoms. The average Bonchev–Trinajstić information content (AvgIpc) is 2.72. The monoisotopic (exact) mass is 528 g/mol. The maximum atomic E-state index is 11.8. The van der Waals surface area contributed by atoms with Crippen molar-refractivity contribution in [2.24, 2.45) is 0 Å². The number of carboxylic acids is 4. The summed E-state index contributed by atoms with van der Waals surface area (Å²) in [4.78, 5) is 45.9. The van der Waals surface area contributed by atoms with E-state index in [9.17, 15) is 39.6 Å². The molecule has 168 valence electrons. The summed E-state index contributed by atoms with van der Waals surface area (Å²) >= 11 is 0. The second kappa shape index (κ2) is 10.7. The Bertz CT molecular complexity index is 1170. The predicted molar refractivity (Wildman–Crippen MR) is 94.6 cm³/mol. The zero-order chi connectivity index (χ0) is 22.0. The van der Waals surface area contributed by atoms with E-state index in [-0.39, 0.29) is 50.8 Å². The van der Waals surface area contributed by atoms with Gasteiger partial charge in [0.15, 0.2) is 0 Å². The van der Waals surface area contributed by atoms with Gasteiger partial charge in [-0.05, 0) is 69.3 Å². The van der Waals surface area contributed by atoms with Gasteiger partial charge < -0.3 is 39.6 Å². The molecule has 2 radical (unpaired) electrons. The van der Waals surface area contributed by atoms with Crippen molar-refractivity contribution in [3.05, 3.63) is 82.9 Å². The maximum absolute atomic E-state index is 11.8. The van der Waals surface area contributed by atoms with Crippen molar-refractivity contribution in [3.63, 3.8) is 0 Å². The minimum Gasteiger partial charge on any atom is -0.545 e. The van der Waals surface area contributed by atoms with Gasteiger partial charge in [-0.1, -0.05) is 30.3 Å². The molecule has 0 unspecified atom stereocenters. The van der Waals surface area contributed by atoms with Gasteiger partial charge >= 0.3 is 34.1 Å². The van der Waals surface area contributed by atoms with Crippen LogP contribution in [0.1, 0.15) is 41.4 Å². The summed E-state index contributed by atoms with van der Waals surface area (Å²) in [6, 6.07) is 12.8. The largest absolute Gasteiger partial charge is 2.00 e. The van der Waals surface area contributed by atoms with Gasteiger partial charge in [-0.15, -0.1) is 0 Å². The summed E-state index contributed by atoms with van der Waals surface area (Å²) < 4.78 is 0. The molecule has 0 aliphatic carbocycles. The van der Waals surface area contributed by atoms with E-state index >= 15 is 0 Å². The first-order valence-corrected chi connectivity index (χ1v) is 8.43. The first kappa shape index (κ1) is 26.6. The SMILES string of the molecule is O=C([O-])c1cc(C(=O)[O-])cc(-c2cc(C(=O)[O-])cc(C(=O)[O-])c2-c2ccccc2)c1.[Cu+2].[Cu+2]. The summed E-state index contributed by atoms with van der Waals surface area (Å²) in [5.74, 6) is -6.74. The van der Waals surface area contributed by atoms with E-state index in [1.165, 1.54) is 0 Å². The number of carbonyl (C=O) groups is 4. The molecule has 3 aromatic carbocycles. The fourth-order valence-electron chi connectivity index (χ4n) is 3.08. The minimum atomic E-state index is -1.69. The molecule has 0 saturated heterocycles. The van der Waals surface area contributed by atoms with Crippen molar-refractivity contribution in [1.82, 2.24) is 0 Å². The molecule has 3 aromatic rings. The molecular formula is C22H10Cu2O8. The molecular weight excluding hydrogens is 519 g/mol. The predicted octanol–water partition coefficient (Wildman–Crippen LogP) is -1.53. The van der Waals surface area contributed by atoms with Crippen molar-refractivity contribution in [2.75, 3.05) is 0 Å². The number of hydrogen-bond donors (Lipinski definition) is 0. The summed E-state index contributed by atoms with van der Waals surface area (Å²) in [6.45, 7) is 0. The summed E-state index contributed by atoms with van der Waals surface area (Å²) in [7, 11) is 0. The van der Waals surface area contributed by atoms with Crippen LogP contribution in [0.5, 0.6) is 0 Å². The van der Waals surface area contributed by atoms with Crippen LogP contribution in [0.2, 0.25) is 0 Å². The van der Waals surface area contributed by atoms with E-state index in [1.807, 2.05) is 0 Å². The van der Waals surface area contributed by atoms with Gasteiger partial charge in [0.2, 0.25) is 0 Å². The Morgan fingerprint density at radius 3 is 1.44 bits per heavy atom. The van der Waals surface area contributed by atoms with Gasteiger partial charge in [0, 0.05) is 5.56 Å². The topological polar surface area (TPSA) is 161 Å². The number of rotatable bonds is 6. The van der Waals surface area contributed by atoms with Gasteiger partial charge in [-0.3, -0.25) is 0 Å². The standard InChI is InChI=1S/C22H14O8.2Cu/c23-19(24)13-6-12(7-14(8-13)20(25)26)16-9-15(21(27)28)10-17(22(29)30)18(16)11-4-2-1-3-5-11;;/h1-10H,(H,23,24)(H,25,26)(H,27,28)(H,29,30);;/q;2*+2/p-4. The van der Waals surface area contributed by atoms with Gasteiger partial charge in [0.05, 0.1) is 23.9 Å². The molecule has 0 aliphatic rings. The Balaban J connectivity index is 0.00000256. The van der Waals surface area contributed by atoms with E-state index in [4.69, 9.17) is 0 Å². The van der Waals surface area contributed by atoms with Crippen LogP contribution in [0.3, 0.4) is 0 Å². The third-order valence-electron chi connectivity index (χ3n) is 4.37. The molecule has 0 amide bonds. The molecule has 0 aliphatic heterocycles. The molecule has 0 atom stereocenters. The van der Waals surface area contributed by atoms with Crippen LogP contribution in [0.15, 0.2) is 60.7 Å². The van der Waals surface area contributed by atoms with Crippen molar-refractivity contribution < 1.29 is 73.7 Å². The summed E-state index contributed by atoms with van der Waals surface area (Å²) in [5.41, 5.74) is -1.79. The molecule has 0 aromatic heterocycles. The van der Waals surface area contributed by atoms with E-state index in [2.05, 4.69) is 0 Å². The molecule has 3 rings (SSSR count). The second-order valence-corrected chi connectivity index (χ2v) is 6.26. The fraction of sp³-hybridized carbons (Fsp3) is 0. The normalized spacial score (nSPS) is 9.75. The van der Waals surface area contributed by atoms with Gasteiger partial charge in [-0.2, -0.15) is 0 Å². The van der Waals surface area contributed by atoms with Crippen molar-refractivity contribution in [1.29, 1.82) is 0 Å². The third kappa shape index (κ3) is 5.43.